The quantitative estimate of drug-likeness (QED) is 0.0737. The van der Waals surface area contributed by atoms with E-state index in [1.54, 1.807) is 5.82 Å². The lowest BCUT2D eigenvalue weighted by Crippen LogP contribution is -2.37. The largest absolute Gasteiger partial charge is 0.256 e. The summed E-state index contributed by atoms with van der Waals surface area (Å²) < 4.78 is 5.23. The van der Waals surface area contributed by atoms with Gasteiger partial charge in [-0.05, 0) is 32.1 Å². The van der Waals surface area contributed by atoms with Gasteiger partial charge >= 0.3 is 0 Å². The zero-order chi connectivity index (χ0) is 26.7. The van der Waals surface area contributed by atoms with Crippen molar-refractivity contribution in [1.82, 2.24) is 4.57 Å². The van der Waals surface area contributed by atoms with Gasteiger partial charge in [0.25, 0.3) is 5.82 Å². The monoisotopic (exact) mass is 518 g/mol. The van der Waals surface area contributed by atoms with E-state index in [9.17, 15) is 0 Å². The first-order valence-corrected chi connectivity index (χ1v) is 17.4. The number of unbranched alkanes of at least 4 members (excludes halogenated alkanes) is 23. The second-order valence-electron chi connectivity index (χ2n) is 12.0. The van der Waals surface area contributed by atoms with Crippen LogP contribution in [0.4, 0.5) is 0 Å². The zero-order valence-electron chi connectivity index (χ0n) is 26.1. The molecule has 0 aliphatic heterocycles. The van der Waals surface area contributed by atoms with Crippen LogP contribution in [0.2, 0.25) is 0 Å². The molecule has 1 aromatic rings. The van der Waals surface area contributed by atoms with Crippen LogP contribution in [0.1, 0.15) is 194 Å². The molecular weight excluding hydrogens is 448 g/mol. The van der Waals surface area contributed by atoms with Gasteiger partial charge in [-0.3, -0.25) is 0 Å². The molecule has 0 aliphatic carbocycles. The van der Waals surface area contributed by atoms with Crippen molar-refractivity contribution in [2.45, 2.75) is 207 Å². The molecule has 2 heteroatoms. The minimum Gasteiger partial charge on any atom is -0.234 e. The van der Waals surface area contributed by atoms with E-state index >= 15 is 0 Å². The molecule has 0 saturated carbocycles. The third kappa shape index (κ3) is 19.9. The van der Waals surface area contributed by atoms with Gasteiger partial charge in [0.15, 0.2) is 0 Å². The van der Waals surface area contributed by atoms with Crippen molar-refractivity contribution in [3.63, 3.8) is 0 Å². The summed E-state index contributed by atoms with van der Waals surface area (Å²) in [5.41, 5.74) is 0. The number of aromatic nitrogens is 2. The van der Waals surface area contributed by atoms with Gasteiger partial charge in [0.05, 0.1) is 13.1 Å². The predicted molar refractivity (Wildman–Crippen MR) is 165 cm³/mol. The van der Waals surface area contributed by atoms with Gasteiger partial charge in [-0.25, -0.2) is 9.13 Å². The molecule has 0 N–H and O–H groups in total. The van der Waals surface area contributed by atoms with E-state index in [4.69, 9.17) is 0 Å². The van der Waals surface area contributed by atoms with E-state index in [0.29, 0.717) is 0 Å². The Kier molecular flexibility index (Phi) is 24.8. The first kappa shape index (κ1) is 34.2. The maximum absolute atomic E-state index is 2.62. The third-order valence-corrected chi connectivity index (χ3v) is 8.35. The van der Waals surface area contributed by atoms with Gasteiger partial charge in [0.2, 0.25) is 0 Å². The zero-order valence-corrected chi connectivity index (χ0v) is 26.1. The van der Waals surface area contributed by atoms with Crippen LogP contribution in [0.5, 0.6) is 0 Å². The Hall–Kier alpha value is -0.790. The smallest absolute Gasteiger partial charge is 0.234 e. The molecule has 0 saturated heterocycles. The molecule has 1 heterocycles. The number of rotatable bonds is 29. The lowest BCUT2D eigenvalue weighted by atomic mass is 10.1. The van der Waals surface area contributed by atoms with Crippen LogP contribution in [0.25, 0.3) is 0 Å². The van der Waals surface area contributed by atoms with Crippen LogP contribution in [0.15, 0.2) is 12.4 Å². The second kappa shape index (κ2) is 26.8. The van der Waals surface area contributed by atoms with Gasteiger partial charge in [-0.1, -0.05) is 156 Å². The Morgan fingerprint density at radius 2 is 0.838 bits per heavy atom. The van der Waals surface area contributed by atoms with Crippen molar-refractivity contribution in [1.29, 1.82) is 0 Å². The van der Waals surface area contributed by atoms with Crippen LogP contribution in [-0.2, 0) is 19.5 Å². The maximum atomic E-state index is 2.62. The minimum absolute atomic E-state index is 1.23. The van der Waals surface area contributed by atoms with Crippen molar-refractivity contribution in [2.24, 2.45) is 0 Å². The topological polar surface area (TPSA) is 8.81 Å². The molecular formula is C35H69N2+. The molecule has 0 unspecified atom stereocenters. The number of nitrogens with zero attached hydrogens (tertiary/aromatic N) is 2. The average Bonchev–Trinajstić information content (AvgIpc) is 3.29. The predicted octanol–water partition coefficient (Wildman–Crippen LogP) is 11.5. The Morgan fingerprint density at radius 1 is 0.459 bits per heavy atom. The fraction of sp³-hybridized carbons (Fsp3) is 0.914. The highest BCUT2D eigenvalue weighted by Gasteiger charge is 2.16. The molecule has 37 heavy (non-hydrogen) atoms. The Balaban J connectivity index is 2.29. The van der Waals surface area contributed by atoms with E-state index in [-0.39, 0.29) is 0 Å². The van der Waals surface area contributed by atoms with Crippen LogP contribution in [-0.4, -0.2) is 4.57 Å². The number of imidazole rings is 1. The SMILES string of the molecule is CCCCCCCCCCCCCCn1cc[n+](CCCCCCCCCC)c1CCCCCCCC. The minimum atomic E-state index is 1.23. The van der Waals surface area contributed by atoms with Crippen LogP contribution in [0, 0.1) is 0 Å². The first-order chi connectivity index (χ1) is 18.3. The van der Waals surface area contributed by atoms with Crippen molar-refractivity contribution in [2.75, 3.05) is 0 Å². The summed E-state index contributed by atoms with van der Waals surface area (Å²) in [6.07, 6.45) is 42.9. The van der Waals surface area contributed by atoms with E-state index in [2.05, 4.69) is 42.3 Å². The van der Waals surface area contributed by atoms with E-state index < -0.39 is 0 Å². The summed E-state index contributed by atoms with van der Waals surface area (Å²) in [7, 11) is 0. The lowest BCUT2D eigenvalue weighted by molar-refractivity contribution is -0.704. The second-order valence-corrected chi connectivity index (χ2v) is 12.0. The fourth-order valence-corrected chi connectivity index (χ4v) is 5.80. The highest BCUT2D eigenvalue weighted by atomic mass is 15.1. The van der Waals surface area contributed by atoms with Crippen LogP contribution >= 0.6 is 0 Å². The Bertz CT molecular complexity index is 576. The molecule has 2 nitrogen and oxygen atoms in total. The Morgan fingerprint density at radius 3 is 1.30 bits per heavy atom. The summed E-state index contributed by atoms with van der Waals surface area (Å²) in [6, 6.07) is 0. The maximum Gasteiger partial charge on any atom is 0.256 e. The van der Waals surface area contributed by atoms with Crippen LogP contribution < -0.4 is 4.57 Å². The van der Waals surface area contributed by atoms with Gasteiger partial charge in [-0.15, -0.1) is 0 Å². The van der Waals surface area contributed by atoms with Crippen molar-refractivity contribution >= 4 is 0 Å². The standard InChI is InChI=1S/C35H69N2/c1-4-7-10-13-16-18-19-20-21-23-26-29-32-37-34-33-36(31-28-25-22-17-14-11-8-5-2)35(37)30-27-24-15-12-9-6-3/h33-34H,4-32H2,1-3H3/q+1. The molecule has 218 valence electrons. The lowest BCUT2D eigenvalue weighted by Gasteiger charge is -2.07. The van der Waals surface area contributed by atoms with Gasteiger partial charge < -0.3 is 0 Å². The van der Waals surface area contributed by atoms with Crippen molar-refractivity contribution in [3.8, 4) is 0 Å². The highest BCUT2D eigenvalue weighted by molar-refractivity contribution is 4.84. The van der Waals surface area contributed by atoms with Gasteiger partial charge in [0, 0.05) is 6.42 Å². The van der Waals surface area contributed by atoms with E-state index in [1.807, 2.05) is 0 Å². The van der Waals surface area contributed by atoms with Crippen molar-refractivity contribution < 1.29 is 4.57 Å². The molecule has 0 fully saturated rings. The number of hydrogen-bond donors (Lipinski definition) is 0. The highest BCUT2D eigenvalue weighted by Crippen LogP contribution is 2.14. The third-order valence-electron chi connectivity index (χ3n) is 8.35. The number of aryl methyl sites for hydroxylation is 2. The molecule has 0 bridgehead atoms. The van der Waals surface area contributed by atoms with Crippen LogP contribution in [0.3, 0.4) is 0 Å². The Labute approximate surface area is 234 Å². The molecule has 0 atom stereocenters. The molecule has 0 amide bonds. The molecule has 0 spiro atoms. The van der Waals surface area contributed by atoms with Gasteiger partial charge in [0.1, 0.15) is 12.4 Å². The molecule has 0 radical (unpaired) electrons. The average molecular weight is 518 g/mol. The summed E-state index contributed by atoms with van der Waals surface area (Å²) >= 11 is 0. The van der Waals surface area contributed by atoms with Crippen molar-refractivity contribution in [3.05, 3.63) is 18.2 Å². The van der Waals surface area contributed by atoms with E-state index in [1.165, 1.54) is 186 Å². The summed E-state index contributed by atoms with van der Waals surface area (Å²) in [5, 5.41) is 0. The molecule has 0 aliphatic rings. The molecule has 1 rings (SSSR count). The molecule has 0 aromatic carbocycles. The normalized spacial score (nSPS) is 11.5. The first-order valence-electron chi connectivity index (χ1n) is 17.4. The summed E-state index contributed by atoms with van der Waals surface area (Å²) in [5.74, 6) is 1.61. The van der Waals surface area contributed by atoms with Gasteiger partial charge in [-0.2, -0.15) is 0 Å². The van der Waals surface area contributed by atoms with E-state index in [0.717, 1.165) is 0 Å². The number of hydrogen-bond acceptors (Lipinski definition) is 0. The fourth-order valence-electron chi connectivity index (χ4n) is 5.80. The molecule has 1 aromatic heterocycles. The summed E-state index contributed by atoms with van der Waals surface area (Å²) in [4.78, 5) is 0. The summed E-state index contributed by atoms with van der Waals surface area (Å²) in [6.45, 7) is 9.39.